The summed E-state index contributed by atoms with van der Waals surface area (Å²) in [4.78, 5) is 0.359. The number of fused-ring (bicyclic) bond motifs is 1. The summed E-state index contributed by atoms with van der Waals surface area (Å²) in [5.41, 5.74) is 0. The van der Waals surface area contributed by atoms with Gasteiger partial charge in [0.15, 0.2) is 0 Å². The predicted octanol–water partition coefficient (Wildman–Crippen LogP) is 2.62. The number of sulfonamides is 1. The Labute approximate surface area is 126 Å². The van der Waals surface area contributed by atoms with E-state index in [-0.39, 0.29) is 0 Å². The molecule has 0 aliphatic carbocycles. The van der Waals surface area contributed by atoms with Crippen molar-refractivity contribution in [1.82, 2.24) is 4.31 Å². The minimum absolute atomic E-state index is 0.359. The van der Waals surface area contributed by atoms with E-state index in [1.54, 1.807) is 12.1 Å². The second kappa shape index (κ2) is 5.44. The zero-order valence-electron chi connectivity index (χ0n) is 10.8. The molecule has 4 nitrogen and oxygen atoms in total. The molecule has 106 valence electrons. The van der Waals surface area contributed by atoms with Crippen LogP contribution >= 0.6 is 15.9 Å². The molecule has 0 aromatic heterocycles. The van der Waals surface area contributed by atoms with Gasteiger partial charge in [0.1, 0.15) is 0 Å². The van der Waals surface area contributed by atoms with Crippen LogP contribution in [0.4, 0.5) is 0 Å². The minimum Gasteiger partial charge on any atom is -0.379 e. The number of hydrogen-bond acceptors (Lipinski definition) is 3. The van der Waals surface area contributed by atoms with E-state index in [2.05, 4.69) is 15.9 Å². The minimum atomic E-state index is -3.47. The van der Waals surface area contributed by atoms with Crippen molar-refractivity contribution >= 4 is 36.7 Å². The van der Waals surface area contributed by atoms with Crippen LogP contribution in [0.2, 0.25) is 0 Å². The molecule has 1 aliphatic rings. The monoisotopic (exact) mass is 355 g/mol. The lowest BCUT2D eigenvalue weighted by Crippen LogP contribution is -2.40. The summed E-state index contributed by atoms with van der Waals surface area (Å²) >= 11 is 3.47. The van der Waals surface area contributed by atoms with E-state index in [1.165, 1.54) is 4.31 Å². The summed E-state index contributed by atoms with van der Waals surface area (Å²) in [6.07, 6.45) is 0. The molecule has 0 spiro atoms. The van der Waals surface area contributed by atoms with E-state index >= 15 is 0 Å². The highest BCUT2D eigenvalue weighted by atomic mass is 79.9. The zero-order valence-corrected chi connectivity index (χ0v) is 13.2. The Morgan fingerprint density at radius 1 is 1.00 bits per heavy atom. The molecular formula is C14H14BrNO3S. The maximum Gasteiger partial charge on any atom is 0.243 e. The Morgan fingerprint density at radius 2 is 1.65 bits per heavy atom. The topological polar surface area (TPSA) is 46.6 Å². The number of benzene rings is 2. The number of nitrogens with zero attached hydrogens (tertiary/aromatic N) is 1. The molecule has 1 heterocycles. The Bertz CT molecular complexity index is 739. The fraction of sp³-hybridized carbons (Fsp3) is 0.286. The van der Waals surface area contributed by atoms with E-state index < -0.39 is 10.0 Å². The average Bonchev–Trinajstić information content (AvgIpc) is 2.48. The van der Waals surface area contributed by atoms with Crippen molar-refractivity contribution in [3.8, 4) is 0 Å². The van der Waals surface area contributed by atoms with Crippen molar-refractivity contribution in [3.05, 3.63) is 40.9 Å². The lowest BCUT2D eigenvalue weighted by atomic mass is 10.1. The Morgan fingerprint density at radius 3 is 2.35 bits per heavy atom. The van der Waals surface area contributed by atoms with Gasteiger partial charge in [0.2, 0.25) is 10.0 Å². The van der Waals surface area contributed by atoms with Crippen molar-refractivity contribution in [2.24, 2.45) is 0 Å². The average molecular weight is 356 g/mol. The van der Waals surface area contributed by atoms with Crippen LogP contribution in [0.15, 0.2) is 45.8 Å². The lowest BCUT2D eigenvalue weighted by Gasteiger charge is -2.26. The highest BCUT2D eigenvalue weighted by Crippen LogP contribution is 2.31. The molecule has 0 bridgehead atoms. The summed E-state index contributed by atoms with van der Waals surface area (Å²) < 4.78 is 33.1. The van der Waals surface area contributed by atoms with Gasteiger partial charge in [0.25, 0.3) is 0 Å². The van der Waals surface area contributed by atoms with Crippen LogP contribution in [0.5, 0.6) is 0 Å². The van der Waals surface area contributed by atoms with Crippen LogP contribution in [0.1, 0.15) is 0 Å². The Hall–Kier alpha value is -0.950. The van der Waals surface area contributed by atoms with Crippen LogP contribution in [0.25, 0.3) is 10.8 Å². The second-order valence-electron chi connectivity index (χ2n) is 4.61. The molecule has 0 atom stereocenters. The van der Waals surface area contributed by atoms with Crippen molar-refractivity contribution < 1.29 is 13.2 Å². The third-order valence-corrected chi connectivity index (χ3v) is 6.07. The van der Waals surface area contributed by atoms with Gasteiger partial charge < -0.3 is 4.74 Å². The number of halogens is 1. The zero-order chi connectivity index (χ0) is 14.2. The second-order valence-corrected chi connectivity index (χ2v) is 7.37. The number of ether oxygens (including phenoxy) is 1. The summed E-state index contributed by atoms with van der Waals surface area (Å²) in [5, 5.41) is 1.65. The summed E-state index contributed by atoms with van der Waals surface area (Å²) in [6, 6.07) is 11.0. The molecular weight excluding hydrogens is 342 g/mol. The van der Waals surface area contributed by atoms with E-state index in [4.69, 9.17) is 4.74 Å². The molecule has 6 heteroatoms. The maximum atomic E-state index is 12.8. The molecule has 0 amide bonds. The first kappa shape index (κ1) is 14.0. The van der Waals surface area contributed by atoms with Gasteiger partial charge in [-0.15, -0.1) is 0 Å². The van der Waals surface area contributed by atoms with Crippen LogP contribution in [0.3, 0.4) is 0 Å². The third kappa shape index (κ3) is 2.37. The molecule has 0 radical (unpaired) electrons. The van der Waals surface area contributed by atoms with Crippen LogP contribution < -0.4 is 0 Å². The smallest absolute Gasteiger partial charge is 0.243 e. The Kier molecular flexibility index (Phi) is 3.81. The van der Waals surface area contributed by atoms with Gasteiger partial charge in [-0.05, 0) is 17.5 Å². The van der Waals surface area contributed by atoms with Gasteiger partial charge in [0.05, 0.1) is 18.1 Å². The molecule has 0 unspecified atom stereocenters. The van der Waals surface area contributed by atoms with Gasteiger partial charge in [-0.25, -0.2) is 8.42 Å². The molecule has 3 rings (SSSR count). The summed E-state index contributed by atoms with van der Waals surface area (Å²) in [6.45, 7) is 1.72. The summed E-state index contributed by atoms with van der Waals surface area (Å²) in [7, 11) is -3.47. The third-order valence-electron chi connectivity index (χ3n) is 3.42. The van der Waals surface area contributed by atoms with Crippen molar-refractivity contribution in [2.75, 3.05) is 26.3 Å². The highest BCUT2D eigenvalue weighted by Gasteiger charge is 2.27. The molecule has 1 aliphatic heterocycles. The van der Waals surface area contributed by atoms with Gasteiger partial charge >= 0.3 is 0 Å². The van der Waals surface area contributed by atoms with Gasteiger partial charge in [-0.3, -0.25) is 0 Å². The number of rotatable bonds is 2. The van der Waals surface area contributed by atoms with E-state index in [0.29, 0.717) is 31.2 Å². The maximum absolute atomic E-state index is 12.8. The van der Waals surface area contributed by atoms with Crippen molar-refractivity contribution in [3.63, 3.8) is 0 Å². The fourth-order valence-electron chi connectivity index (χ4n) is 2.39. The van der Waals surface area contributed by atoms with Crippen LogP contribution in [-0.4, -0.2) is 39.0 Å². The summed E-state index contributed by atoms with van der Waals surface area (Å²) in [5.74, 6) is 0. The van der Waals surface area contributed by atoms with Gasteiger partial charge in [-0.2, -0.15) is 4.31 Å². The van der Waals surface area contributed by atoms with Crippen LogP contribution in [0, 0.1) is 0 Å². The van der Waals surface area contributed by atoms with E-state index in [0.717, 1.165) is 15.2 Å². The first-order valence-corrected chi connectivity index (χ1v) is 8.59. The lowest BCUT2D eigenvalue weighted by molar-refractivity contribution is 0.0730. The molecule has 1 fully saturated rings. The largest absolute Gasteiger partial charge is 0.379 e. The van der Waals surface area contributed by atoms with Crippen molar-refractivity contribution in [1.29, 1.82) is 0 Å². The van der Waals surface area contributed by atoms with Gasteiger partial charge in [0, 0.05) is 22.9 Å². The molecule has 2 aromatic rings. The SMILES string of the molecule is O=S(=O)(c1ccc(Br)c2ccccc12)N1CCOCC1. The predicted molar refractivity (Wildman–Crippen MR) is 81.2 cm³/mol. The van der Waals surface area contributed by atoms with E-state index in [9.17, 15) is 8.42 Å². The fourth-order valence-corrected chi connectivity index (χ4v) is 4.47. The van der Waals surface area contributed by atoms with Crippen molar-refractivity contribution in [2.45, 2.75) is 4.90 Å². The molecule has 1 saturated heterocycles. The molecule has 2 aromatic carbocycles. The first-order chi connectivity index (χ1) is 9.60. The quantitative estimate of drug-likeness (QED) is 0.831. The van der Waals surface area contributed by atoms with E-state index in [1.807, 2.05) is 24.3 Å². The standard InChI is InChI=1S/C14H14BrNO3S/c15-13-5-6-14(12-4-2-1-3-11(12)13)20(17,18)16-7-9-19-10-8-16/h1-6H,7-10H2. The highest BCUT2D eigenvalue weighted by molar-refractivity contribution is 9.10. The Balaban J connectivity index is 2.16. The molecule has 0 N–H and O–H groups in total. The number of morpholine rings is 1. The molecule has 0 saturated carbocycles. The first-order valence-electron chi connectivity index (χ1n) is 6.36. The van der Waals surface area contributed by atoms with Crippen LogP contribution in [-0.2, 0) is 14.8 Å². The molecule has 20 heavy (non-hydrogen) atoms. The van der Waals surface area contributed by atoms with Gasteiger partial charge in [-0.1, -0.05) is 40.2 Å². The number of hydrogen-bond donors (Lipinski definition) is 0. The normalized spacial score (nSPS) is 17.4.